The highest BCUT2D eigenvalue weighted by molar-refractivity contribution is 5.91. The summed E-state index contributed by atoms with van der Waals surface area (Å²) in [5.41, 5.74) is 2.27. The summed E-state index contributed by atoms with van der Waals surface area (Å²) in [6.07, 6.45) is 1.89. The van der Waals surface area contributed by atoms with E-state index in [4.69, 9.17) is 8.94 Å². The van der Waals surface area contributed by atoms with E-state index in [9.17, 15) is 4.79 Å². The van der Waals surface area contributed by atoms with E-state index in [-0.39, 0.29) is 12.1 Å². The zero-order valence-corrected chi connectivity index (χ0v) is 14.1. The maximum absolute atomic E-state index is 12.4. The summed E-state index contributed by atoms with van der Waals surface area (Å²) in [5.74, 6) is 1.29. The Morgan fingerprint density at radius 2 is 2.16 bits per heavy atom. The molecule has 0 aliphatic rings. The number of aromatic nitrogens is 4. The molecular weight excluding hydrogens is 324 g/mol. The number of amides is 2. The van der Waals surface area contributed by atoms with Crippen LogP contribution in [0.15, 0.2) is 33.5 Å². The first-order valence-corrected chi connectivity index (χ1v) is 7.81. The lowest BCUT2D eigenvalue weighted by Gasteiger charge is -2.15. The van der Waals surface area contributed by atoms with Gasteiger partial charge in [-0.25, -0.2) is 4.79 Å². The fraction of sp³-hybridized carbons (Fsp3) is 0.312. The molecule has 3 aromatic rings. The highest BCUT2D eigenvalue weighted by Gasteiger charge is 2.18. The van der Waals surface area contributed by atoms with Crippen molar-refractivity contribution in [1.82, 2.24) is 25.7 Å². The molecule has 0 fully saturated rings. The molecule has 0 radical (unpaired) electrons. The molecule has 2 aromatic heterocycles. The highest BCUT2D eigenvalue weighted by atomic mass is 16.5. The number of nitrogens with zero attached hydrogens (tertiary/aromatic N) is 4. The van der Waals surface area contributed by atoms with Crippen LogP contribution < -0.4 is 10.6 Å². The molecule has 0 aliphatic carbocycles. The average molecular weight is 342 g/mol. The van der Waals surface area contributed by atoms with Gasteiger partial charge in [-0.15, -0.1) is 10.2 Å². The Balaban J connectivity index is 1.73. The first-order valence-electron chi connectivity index (χ1n) is 7.81. The molecule has 25 heavy (non-hydrogen) atoms. The lowest BCUT2D eigenvalue weighted by Crippen LogP contribution is -2.33. The summed E-state index contributed by atoms with van der Waals surface area (Å²) >= 11 is 0. The van der Waals surface area contributed by atoms with Crippen LogP contribution in [0.3, 0.4) is 0 Å². The van der Waals surface area contributed by atoms with Crippen molar-refractivity contribution in [1.29, 1.82) is 0 Å². The van der Waals surface area contributed by atoms with Crippen molar-refractivity contribution >= 4 is 11.7 Å². The van der Waals surface area contributed by atoms with Crippen molar-refractivity contribution in [2.45, 2.75) is 33.2 Å². The zero-order valence-electron chi connectivity index (χ0n) is 14.1. The van der Waals surface area contributed by atoms with E-state index in [1.54, 1.807) is 13.0 Å². The largest absolute Gasteiger partial charge is 0.423 e. The third kappa shape index (κ3) is 3.82. The predicted octanol–water partition coefficient (Wildman–Crippen LogP) is 3.01. The fourth-order valence-electron chi connectivity index (χ4n) is 2.31. The second kappa shape index (κ2) is 7.12. The first-order chi connectivity index (χ1) is 12.1. The standard InChI is InChI=1S/C16H18N6O3/c1-4-12(14-18-10(3)25-22-14)19-16(23)20-13-7-11(6-5-9(13)2)15-21-17-8-24-15/h5-8,12H,4H2,1-3H3,(H2,19,20,23). The van der Waals surface area contributed by atoms with Crippen LogP contribution in [0.4, 0.5) is 10.5 Å². The number of anilines is 1. The Labute approximate surface area is 143 Å². The maximum Gasteiger partial charge on any atom is 0.319 e. The van der Waals surface area contributed by atoms with E-state index >= 15 is 0 Å². The average Bonchev–Trinajstić information content (AvgIpc) is 3.26. The minimum atomic E-state index is -0.361. The third-order valence-corrected chi connectivity index (χ3v) is 3.66. The van der Waals surface area contributed by atoms with Crippen LogP contribution in [-0.4, -0.2) is 26.4 Å². The molecule has 1 unspecified atom stereocenters. The van der Waals surface area contributed by atoms with Gasteiger partial charge in [0.1, 0.15) is 0 Å². The number of benzene rings is 1. The first kappa shape index (κ1) is 16.6. The minimum absolute atomic E-state index is 0.336. The highest BCUT2D eigenvalue weighted by Crippen LogP contribution is 2.24. The van der Waals surface area contributed by atoms with Gasteiger partial charge in [0, 0.05) is 18.2 Å². The van der Waals surface area contributed by atoms with Gasteiger partial charge in [-0.2, -0.15) is 4.98 Å². The molecule has 2 amide bonds. The minimum Gasteiger partial charge on any atom is -0.423 e. The van der Waals surface area contributed by atoms with Crippen molar-refractivity contribution < 1.29 is 13.7 Å². The molecule has 9 nitrogen and oxygen atoms in total. The normalized spacial score (nSPS) is 12.0. The SMILES string of the molecule is CCC(NC(=O)Nc1cc(-c2nnco2)ccc1C)c1noc(C)n1. The second-order valence-electron chi connectivity index (χ2n) is 5.50. The van der Waals surface area contributed by atoms with Crippen molar-refractivity contribution in [3.63, 3.8) is 0 Å². The zero-order chi connectivity index (χ0) is 17.8. The van der Waals surface area contributed by atoms with E-state index in [0.29, 0.717) is 29.7 Å². The summed E-state index contributed by atoms with van der Waals surface area (Å²) in [5, 5.41) is 17.1. The van der Waals surface area contributed by atoms with Gasteiger partial charge in [-0.3, -0.25) is 0 Å². The Bertz CT molecular complexity index is 859. The smallest absolute Gasteiger partial charge is 0.319 e. The third-order valence-electron chi connectivity index (χ3n) is 3.66. The fourth-order valence-corrected chi connectivity index (χ4v) is 2.31. The molecular formula is C16H18N6O3. The van der Waals surface area contributed by atoms with E-state index in [0.717, 1.165) is 11.1 Å². The van der Waals surface area contributed by atoms with E-state index < -0.39 is 0 Å². The monoisotopic (exact) mass is 342 g/mol. The van der Waals surface area contributed by atoms with Gasteiger partial charge in [0.2, 0.25) is 18.2 Å². The quantitative estimate of drug-likeness (QED) is 0.731. The van der Waals surface area contributed by atoms with Gasteiger partial charge in [0.05, 0.1) is 6.04 Å². The summed E-state index contributed by atoms with van der Waals surface area (Å²) in [7, 11) is 0. The van der Waals surface area contributed by atoms with Gasteiger partial charge in [-0.1, -0.05) is 18.1 Å². The number of nitrogens with one attached hydrogen (secondary N) is 2. The summed E-state index contributed by atoms with van der Waals surface area (Å²) in [6, 6.07) is 4.80. The lowest BCUT2D eigenvalue weighted by atomic mass is 10.1. The van der Waals surface area contributed by atoms with Crippen molar-refractivity contribution in [2.75, 3.05) is 5.32 Å². The molecule has 0 spiro atoms. The van der Waals surface area contributed by atoms with Crippen molar-refractivity contribution in [3.05, 3.63) is 41.9 Å². The van der Waals surface area contributed by atoms with E-state index in [1.165, 1.54) is 6.39 Å². The van der Waals surface area contributed by atoms with Gasteiger partial charge >= 0.3 is 6.03 Å². The number of urea groups is 1. The Hall–Kier alpha value is -3.23. The van der Waals surface area contributed by atoms with Crippen LogP contribution in [0.1, 0.15) is 36.7 Å². The molecule has 0 saturated heterocycles. The van der Waals surface area contributed by atoms with Crippen LogP contribution in [0.5, 0.6) is 0 Å². The number of aryl methyl sites for hydroxylation is 2. The number of rotatable bonds is 5. The number of hydrogen-bond donors (Lipinski definition) is 2. The van der Waals surface area contributed by atoms with Gasteiger partial charge in [0.15, 0.2) is 5.82 Å². The molecule has 0 bridgehead atoms. The van der Waals surface area contributed by atoms with E-state index in [1.807, 2.05) is 26.0 Å². The topological polar surface area (TPSA) is 119 Å². The number of hydrogen-bond acceptors (Lipinski definition) is 7. The molecule has 0 saturated carbocycles. The number of carbonyl (C=O) groups excluding carboxylic acids is 1. The summed E-state index contributed by atoms with van der Waals surface area (Å²) in [6.45, 7) is 5.53. The predicted molar refractivity (Wildman–Crippen MR) is 88.7 cm³/mol. The number of carbonyl (C=O) groups is 1. The second-order valence-corrected chi connectivity index (χ2v) is 5.50. The molecule has 1 atom stereocenters. The van der Waals surface area contributed by atoms with Gasteiger partial charge in [-0.05, 0) is 31.0 Å². The Kier molecular flexibility index (Phi) is 4.73. The molecule has 3 rings (SSSR count). The molecule has 0 aliphatic heterocycles. The summed E-state index contributed by atoms with van der Waals surface area (Å²) in [4.78, 5) is 16.5. The van der Waals surface area contributed by atoms with Crippen LogP contribution in [0.25, 0.3) is 11.5 Å². The molecule has 2 N–H and O–H groups in total. The van der Waals surface area contributed by atoms with Crippen LogP contribution in [0.2, 0.25) is 0 Å². The van der Waals surface area contributed by atoms with E-state index in [2.05, 4.69) is 31.0 Å². The molecule has 130 valence electrons. The summed E-state index contributed by atoms with van der Waals surface area (Å²) < 4.78 is 10.2. The van der Waals surface area contributed by atoms with Crippen molar-refractivity contribution in [2.24, 2.45) is 0 Å². The van der Waals surface area contributed by atoms with Gasteiger partial charge < -0.3 is 19.6 Å². The Morgan fingerprint density at radius 3 is 2.80 bits per heavy atom. The van der Waals surface area contributed by atoms with Crippen LogP contribution >= 0.6 is 0 Å². The van der Waals surface area contributed by atoms with Crippen molar-refractivity contribution in [3.8, 4) is 11.5 Å². The molecule has 9 heteroatoms. The van der Waals surface area contributed by atoms with Gasteiger partial charge in [0.25, 0.3) is 0 Å². The van der Waals surface area contributed by atoms with Crippen LogP contribution in [-0.2, 0) is 0 Å². The van der Waals surface area contributed by atoms with Crippen LogP contribution in [0, 0.1) is 13.8 Å². The molecule has 1 aromatic carbocycles. The molecule has 2 heterocycles. The maximum atomic E-state index is 12.4. The Morgan fingerprint density at radius 1 is 1.32 bits per heavy atom. The lowest BCUT2D eigenvalue weighted by molar-refractivity contribution is 0.247.